The minimum atomic E-state index is 0.695. The summed E-state index contributed by atoms with van der Waals surface area (Å²) in [5, 5.41) is 4.60. The fourth-order valence-electron chi connectivity index (χ4n) is 19.1. The standard InChI is InChI=1S/C53H89N3/c1-4-14-36(15-5-1)38-24-28-43(29-25-38)55-49-22-12-10-20-44(49)46-32-40(26-30-51(46)55)41-27-31-52-47(33-41)45-21-11-13-23-50(45)56(52)53-35-42(37-16-6-2-7-17-37)34-48(54-53)39-18-8-3-9-19-39/h36-54H,1-35H2. The first kappa shape index (κ1) is 38.8. The molecule has 8 aliphatic carbocycles. The minimum absolute atomic E-state index is 0.695. The van der Waals surface area contributed by atoms with Crippen LogP contribution in [0, 0.1) is 65.1 Å². The van der Waals surface area contributed by atoms with Gasteiger partial charge in [-0.3, -0.25) is 15.1 Å². The van der Waals surface area contributed by atoms with Crippen molar-refractivity contribution in [1.29, 1.82) is 0 Å². The molecule has 3 aliphatic heterocycles. The molecule has 3 heteroatoms. The van der Waals surface area contributed by atoms with Crippen LogP contribution in [0.1, 0.15) is 225 Å². The van der Waals surface area contributed by atoms with Gasteiger partial charge in [-0.1, -0.05) is 109 Å². The number of fused-ring (bicyclic) bond motifs is 6. The van der Waals surface area contributed by atoms with E-state index in [0.717, 1.165) is 101 Å². The van der Waals surface area contributed by atoms with Gasteiger partial charge in [0.15, 0.2) is 0 Å². The van der Waals surface area contributed by atoms with E-state index in [9.17, 15) is 0 Å². The topological polar surface area (TPSA) is 18.5 Å². The Morgan fingerprint density at radius 1 is 0.268 bits per heavy atom. The average Bonchev–Trinajstić information content (AvgIpc) is 3.79. The van der Waals surface area contributed by atoms with Crippen LogP contribution in [0.25, 0.3) is 0 Å². The molecule has 3 saturated heterocycles. The van der Waals surface area contributed by atoms with Crippen molar-refractivity contribution in [1.82, 2.24) is 15.1 Å². The molecule has 0 aromatic carbocycles. The Morgan fingerprint density at radius 3 is 1.29 bits per heavy atom. The molecule has 1 N–H and O–H groups in total. The maximum atomic E-state index is 4.60. The molecule has 11 aliphatic rings. The van der Waals surface area contributed by atoms with Gasteiger partial charge in [-0.05, 0) is 181 Å². The molecular weight excluding hydrogens is 679 g/mol. The fraction of sp³-hybridized carbons (Fsp3) is 1.00. The van der Waals surface area contributed by atoms with Crippen LogP contribution in [0.5, 0.6) is 0 Å². The normalized spacial score (nSPS) is 49.2. The number of hydrogen-bond acceptors (Lipinski definition) is 3. The quantitative estimate of drug-likeness (QED) is 0.290. The second kappa shape index (κ2) is 17.3. The fourth-order valence-corrected chi connectivity index (χ4v) is 19.1. The maximum Gasteiger partial charge on any atom is 0.0607 e. The van der Waals surface area contributed by atoms with E-state index in [-0.39, 0.29) is 0 Å². The first-order valence-corrected chi connectivity index (χ1v) is 27.1. The Kier molecular flexibility index (Phi) is 12.0. The summed E-state index contributed by atoms with van der Waals surface area (Å²) in [5.74, 6) is 11.4. The summed E-state index contributed by atoms with van der Waals surface area (Å²) in [7, 11) is 0. The van der Waals surface area contributed by atoms with Gasteiger partial charge in [0, 0.05) is 36.3 Å². The van der Waals surface area contributed by atoms with Gasteiger partial charge in [0.25, 0.3) is 0 Å². The Balaban J connectivity index is 0.776. The van der Waals surface area contributed by atoms with Crippen LogP contribution in [0.3, 0.4) is 0 Å². The minimum Gasteiger partial charge on any atom is -0.299 e. The van der Waals surface area contributed by atoms with Crippen LogP contribution in [0.4, 0.5) is 0 Å². The second-order valence-electron chi connectivity index (χ2n) is 23.8. The number of hydrogen-bond donors (Lipinski definition) is 1. The summed E-state index contributed by atoms with van der Waals surface area (Å²) in [6, 6.07) is 5.49. The molecule has 0 aromatic heterocycles. The van der Waals surface area contributed by atoms with Crippen LogP contribution in [0.2, 0.25) is 0 Å². The number of likely N-dealkylation sites (tertiary alicyclic amines) is 2. The molecule has 3 heterocycles. The highest BCUT2D eigenvalue weighted by Crippen LogP contribution is 2.58. The monoisotopic (exact) mass is 768 g/mol. The predicted molar refractivity (Wildman–Crippen MR) is 233 cm³/mol. The number of nitrogens with one attached hydrogen (secondary N) is 1. The van der Waals surface area contributed by atoms with Crippen molar-refractivity contribution in [3.63, 3.8) is 0 Å². The smallest absolute Gasteiger partial charge is 0.0607 e. The molecule has 11 rings (SSSR count). The molecule has 0 aromatic rings. The van der Waals surface area contributed by atoms with Gasteiger partial charge in [-0.25, -0.2) is 0 Å². The van der Waals surface area contributed by atoms with E-state index in [2.05, 4.69) is 15.1 Å². The van der Waals surface area contributed by atoms with Crippen LogP contribution in [-0.2, 0) is 0 Å². The van der Waals surface area contributed by atoms with E-state index in [0.29, 0.717) is 6.17 Å². The summed E-state index contributed by atoms with van der Waals surface area (Å²) in [6.07, 6.45) is 54.8. The van der Waals surface area contributed by atoms with Gasteiger partial charge in [0.2, 0.25) is 0 Å². The van der Waals surface area contributed by atoms with Gasteiger partial charge >= 0.3 is 0 Å². The van der Waals surface area contributed by atoms with E-state index in [1.807, 2.05) is 0 Å². The molecule has 13 unspecified atom stereocenters. The summed E-state index contributed by atoms with van der Waals surface area (Å²) >= 11 is 0. The Morgan fingerprint density at radius 2 is 0.696 bits per heavy atom. The highest BCUT2D eigenvalue weighted by atomic mass is 15.3. The highest BCUT2D eigenvalue weighted by molar-refractivity contribution is 5.10. The molecule has 13 atom stereocenters. The van der Waals surface area contributed by atoms with E-state index in [1.165, 1.54) is 109 Å². The third kappa shape index (κ3) is 7.48. The number of piperidine rings is 1. The lowest BCUT2D eigenvalue weighted by Gasteiger charge is -2.51. The molecule has 56 heavy (non-hydrogen) atoms. The van der Waals surface area contributed by atoms with Crippen molar-refractivity contribution in [3.8, 4) is 0 Å². The highest BCUT2D eigenvalue weighted by Gasteiger charge is 2.57. The summed E-state index contributed by atoms with van der Waals surface area (Å²) in [4.78, 5) is 6.66. The number of rotatable bonds is 6. The number of nitrogens with zero attached hydrogens (tertiary/aromatic N) is 2. The van der Waals surface area contributed by atoms with Crippen LogP contribution in [0.15, 0.2) is 0 Å². The zero-order chi connectivity index (χ0) is 37.0. The zero-order valence-corrected chi connectivity index (χ0v) is 36.5. The van der Waals surface area contributed by atoms with Crippen LogP contribution < -0.4 is 5.32 Å². The van der Waals surface area contributed by atoms with Gasteiger partial charge in [-0.2, -0.15) is 0 Å². The van der Waals surface area contributed by atoms with Crippen molar-refractivity contribution < 1.29 is 0 Å². The Hall–Kier alpha value is -0.120. The first-order chi connectivity index (χ1) is 27.8. The third-order valence-corrected chi connectivity index (χ3v) is 21.5. The molecule has 316 valence electrons. The van der Waals surface area contributed by atoms with E-state index in [4.69, 9.17) is 0 Å². The van der Waals surface area contributed by atoms with E-state index < -0.39 is 0 Å². The zero-order valence-electron chi connectivity index (χ0n) is 36.5. The molecule has 0 spiro atoms. The van der Waals surface area contributed by atoms with Crippen molar-refractivity contribution in [2.24, 2.45) is 65.1 Å². The van der Waals surface area contributed by atoms with Crippen LogP contribution >= 0.6 is 0 Å². The van der Waals surface area contributed by atoms with Gasteiger partial charge in [-0.15, -0.1) is 0 Å². The predicted octanol–water partition coefficient (Wildman–Crippen LogP) is 13.3. The van der Waals surface area contributed by atoms with Gasteiger partial charge < -0.3 is 0 Å². The summed E-state index contributed by atoms with van der Waals surface area (Å²) < 4.78 is 0. The maximum absolute atomic E-state index is 4.60. The summed E-state index contributed by atoms with van der Waals surface area (Å²) in [5.41, 5.74) is 0. The van der Waals surface area contributed by atoms with Crippen LogP contribution in [-0.4, -0.2) is 52.2 Å². The molecule has 3 nitrogen and oxygen atoms in total. The third-order valence-electron chi connectivity index (χ3n) is 21.5. The van der Waals surface area contributed by atoms with Crippen molar-refractivity contribution in [3.05, 3.63) is 0 Å². The van der Waals surface area contributed by atoms with Gasteiger partial charge in [0.1, 0.15) is 0 Å². The largest absolute Gasteiger partial charge is 0.299 e. The lowest BCUT2D eigenvalue weighted by molar-refractivity contribution is -0.00926. The second-order valence-corrected chi connectivity index (χ2v) is 23.8. The average molecular weight is 768 g/mol. The lowest BCUT2D eigenvalue weighted by atomic mass is 9.62. The van der Waals surface area contributed by atoms with E-state index in [1.54, 1.807) is 116 Å². The van der Waals surface area contributed by atoms with E-state index >= 15 is 0 Å². The molecular formula is C53H89N3. The van der Waals surface area contributed by atoms with Crippen molar-refractivity contribution >= 4 is 0 Å². The van der Waals surface area contributed by atoms with Crippen molar-refractivity contribution in [2.45, 2.75) is 267 Å². The lowest BCUT2D eigenvalue weighted by Crippen LogP contribution is -2.61. The molecule has 8 saturated carbocycles. The van der Waals surface area contributed by atoms with Gasteiger partial charge in [0.05, 0.1) is 6.17 Å². The molecule has 0 bridgehead atoms. The Bertz CT molecular complexity index is 1230. The molecule has 0 amide bonds. The molecule has 11 fully saturated rings. The first-order valence-electron chi connectivity index (χ1n) is 27.1. The summed E-state index contributed by atoms with van der Waals surface area (Å²) in [6.45, 7) is 0. The Labute approximate surface area is 346 Å². The molecule has 0 radical (unpaired) electrons. The SMILES string of the molecule is C1CCC(C2CCC(N3C4CCCCC4C4CC(C5CCC6C(C5)C5CCCCC5N6C5CC(C6CCCCC6)CC(C6CCCCC6)N5)CCC43)CC2)CC1. The van der Waals surface area contributed by atoms with Crippen molar-refractivity contribution in [2.75, 3.05) is 0 Å².